The molecule has 0 aromatic heterocycles. The molecule has 2 aliphatic rings. The van der Waals surface area contributed by atoms with Crippen LogP contribution in [0.25, 0.3) is 0 Å². The Hall–Kier alpha value is -1.77. The van der Waals surface area contributed by atoms with E-state index in [-0.39, 0.29) is 16.7 Å². The number of benzene rings is 1. The number of carbonyl (C=O) groups excluding carboxylic acids is 1. The second-order valence-corrected chi connectivity index (χ2v) is 6.67. The van der Waals surface area contributed by atoms with E-state index in [1.807, 2.05) is 30.3 Å². The molecule has 106 valence electrons. The molecule has 0 unspecified atom stereocenters. The summed E-state index contributed by atoms with van der Waals surface area (Å²) in [5, 5.41) is 0. The smallest absolute Gasteiger partial charge is 0.248 e. The van der Waals surface area contributed by atoms with Crippen molar-refractivity contribution in [3.63, 3.8) is 0 Å². The number of para-hydroxylation sites is 1. The fourth-order valence-corrected chi connectivity index (χ4v) is 3.91. The van der Waals surface area contributed by atoms with Gasteiger partial charge in [-0.2, -0.15) is 0 Å². The fraction of sp³-hybridized carbons (Fsp3) is 0.471. The lowest BCUT2D eigenvalue weighted by Crippen LogP contribution is -2.43. The molecule has 3 heteroatoms. The van der Waals surface area contributed by atoms with Gasteiger partial charge in [-0.1, -0.05) is 44.2 Å². The Morgan fingerprint density at radius 2 is 2.00 bits per heavy atom. The SMILES string of the molecule is C=C1C(C)(C)[C@H]2CC[C@]1(C(=O)NNc1ccccc1)C2. The Kier molecular flexibility index (Phi) is 2.89. The molecular weight excluding hydrogens is 248 g/mol. The molecule has 0 aliphatic heterocycles. The van der Waals surface area contributed by atoms with Gasteiger partial charge in [-0.3, -0.25) is 15.6 Å². The van der Waals surface area contributed by atoms with Crippen molar-refractivity contribution in [2.24, 2.45) is 16.7 Å². The third-order valence-electron chi connectivity index (χ3n) is 5.42. The monoisotopic (exact) mass is 270 g/mol. The molecule has 20 heavy (non-hydrogen) atoms. The molecule has 0 spiro atoms. The third kappa shape index (κ3) is 1.76. The van der Waals surface area contributed by atoms with Crippen LogP contribution in [-0.2, 0) is 4.79 Å². The lowest BCUT2D eigenvalue weighted by molar-refractivity contribution is -0.128. The Morgan fingerprint density at radius 1 is 1.30 bits per heavy atom. The summed E-state index contributed by atoms with van der Waals surface area (Å²) in [6.45, 7) is 8.69. The van der Waals surface area contributed by atoms with Crippen molar-refractivity contribution in [1.82, 2.24) is 5.43 Å². The molecule has 1 amide bonds. The molecule has 3 rings (SSSR count). The highest BCUT2D eigenvalue weighted by atomic mass is 16.2. The second kappa shape index (κ2) is 4.37. The summed E-state index contributed by atoms with van der Waals surface area (Å²) in [5.41, 5.74) is 7.61. The van der Waals surface area contributed by atoms with Gasteiger partial charge in [0, 0.05) is 0 Å². The number of amides is 1. The standard InChI is InChI=1S/C17H22N2O/c1-12-16(2,3)13-9-10-17(12,11-13)15(20)19-18-14-7-5-4-6-8-14/h4-8,13,18H,1,9-11H2,2-3H3,(H,19,20)/t13-,17-/m0/s1. The van der Waals surface area contributed by atoms with Gasteiger partial charge < -0.3 is 0 Å². The van der Waals surface area contributed by atoms with Gasteiger partial charge in [-0.05, 0) is 42.7 Å². The first-order chi connectivity index (χ1) is 9.47. The Labute approximate surface area is 120 Å². The molecule has 0 heterocycles. The van der Waals surface area contributed by atoms with Crippen molar-refractivity contribution in [2.75, 3.05) is 5.43 Å². The zero-order chi connectivity index (χ0) is 14.4. The summed E-state index contributed by atoms with van der Waals surface area (Å²) >= 11 is 0. The fourth-order valence-electron chi connectivity index (χ4n) is 3.91. The van der Waals surface area contributed by atoms with Crippen LogP contribution in [0.15, 0.2) is 42.5 Å². The van der Waals surface area contributed by atoms with E-state index >= 15 is 0 Å². The first-order valence-corrected chi connectivity index (χ1v) is 7.28. The highest BCUT2D eigenvalue weighted by Crippen LogP contribution is 2.65. The second-order valence-electron chi connectivity index (χ2n) is 6.67. The number of nitrogens with one attached hydrogen (secondary N) is 2. The maximum Gasteiger partial charge on any atom is 0.248 e. The summed E-state index contributed by atoms with van der Waals surface area (Å²) in [6.07, 6.45) is 3.01. The van der Waals surface area contributed by atoms with Gasteiger partial charge in [0.25, 0.3) is 0 Å². The average molecular weight is 270 g/mol. The Bertz CT molecular complexity index is 549. The minimum atomic E-state index is -0.365. The zero-order valence-electron chi connectivity index (χ0n) is 12.2. The maximum absolute atomic E-state index is 12.7. The van der Waals surface area contributed by atoms with Crippen LogP contribution in [-0.4, -0.2) is 5.91 Å². The molecule has 2 atom stereocenters. The van der Waals surface area contributed by atoms with Gasteiger partial charge in [0.1, 0.15) is 0 Å². The molecule has 0 saturated heterocycles. The topological polar surface area (TPSA) is 41.1 Å². The van der Waals surface area contributed by atoms with Crippen molar-refractivity contribution >= 4 is 11.6 Å². The summed E-state index contributed by atoms with van der Waals surface area (Å²) in [5.74, 6) is 0.664. The molecule has 2 bridgehead atoms. The molecular formula is C17H22N2O. The van der Waals surface area contributed by atoms with E-state index in [0.717, 1.165) is 30.5 Å². The quantitative estimate of drug-likeness (QED) is 0.652. The molecule has 2 aliphatic carbocycles. The van der Waals surface area contributed by atoms with Gasteiger partial charge in [0.2, 0.25) is 5.91 Å². The predicted molar refractivity (Wildman–Crippen MR) is 80.9 cm³/mol. The van der Waals surface area contributed by atoms with E-state index in [1.165, 1.54) is 0 Å². The first kappa shape index (κ1) is 13.2. The normalized spacial score (nSPS) is 30.3. The van der Waals surface area contributed by atoms with Crippen LogP contribution >= 0.6 is 0 Å². The van der Waals surface area contributed by atoms with Crippen LogP contribution in [0.1, 0.15) is 33.1 Å². The van der Waals surface area contributed by atoms with Crippen molar-refractivity contribution in [2.45, 2.75) is 33.1 Å². The minimum absolute atomic E-state index is 0.0689. The van der Waals surface area contributed by atoms with E-state index in [0.29, 0.717) is 5.92 Å². The number of carbonyl (C=O) groups is 1. The van der Waals surface area contributed by atoms with Crippen LogP contribution in [0.2, 0.25) is 0 Å². The number of hydrazine groups is 1. The predicted octanol–water partition coefficient (Wildman–Crippen LogP) is 3.51. The van der Waals surface area contributed by atoms with Crippen molar-refractivity contribution in [3.8, 4) is 0 Å². The van der Waals surface area contributed by atoms with Gasteiger partial charge in [-0.25, -0.2) is 0 Å². The lowest BCUT2D eigenvalue weighted by Gasteiger charge is -2.37. The Balaban J connectivity index is 1.73. The number of hydrogen-bond acceptors (Lipinski definition) is 2. The highest BCUT2D eigenvalue weighted by Gasteiger charge is 2.60. The summed E-state index contributed by atoms with van der Waals surface area (Å²) in [4.78, 5) is 12.7. The van der Waals surface area contributed by atoms with E-state index in [4.69, 9.17) is 0 Å². The molecule has 3 nitrogen and oxygen atoms in total. The van der Waals surface area contributed by atoms with Gasteiger partial charge >= 0.3 is 0 Å². The molecule has 1 aromatic carbocycles. The number of hydrogen-bond donors (Lipinski definition) is 2. The van der Waals surface area contributed by atoms with E-state index in [2.05, 4.69) is 31.3 Å². The van der Waals surface area contributed by atoms with Gasteiger partial charge in [0.05, 0.1) is 11.1 Å². The summed E-state index contributed by atoms with van der Waals surface area (Å²) < 4.78 is 0. The van der Waals surface area contributed by atoms with E-state index < -0.39 is 0 Å². The average Bonchev–Trinajstić information content (AvgIpc) is 2.98. The highest BCUT2D eigenvalue weighted by molar-refractivity contribution is 5.88. The maximum atomic E-state index is 12.7. The number of anilines is 1. The number of fused-ring (bicyclic) bond motifs is 2. The van der Waals surface area contributed by atoms with E-state index in [9.17, 15) is 4.79 Å². The largest absolute Gasteiger partial charge is 0.299 e. The van der Waals surface area contributed by atoms with Crippen molar-refractivity contribution in [3.05, 3.63) is 42.5 Å². The van der Waals surface area contributed by atoms with Crippen LogP contribution < -0.4 is 10.9 Å². The molecule has 1 aromatic rings. The third-order valence-corrected chi connectivity index (χ3v) is 5.42. The summed E-state index contributed by atoms with van der Waals surface area (Å²) in [7, 11) is 0. The van der Waals surface area contributed by atoms with Crippen LogP contribution in [0.4, 0.5) is 5.69 Å². The Morgan fingerprint density at radius 3 is 2.60 bits per heavy atom. The molecule has 2 fully saturated rings. The van der Waals surface area contributed by atoms with E-state index in [1.54, 1.807) is 0 Å². The van der Waals surface area contributed by atoms with Gasteiger partial charge in [0.15, 0.2) is 0 Å². The first-order valence-electron chi connectivity index (χ1n) is 7.28. The molecule has 2 N–H and O–H groups in total. The van der Waals surface area contributed by atoms with Gasteiger partial charge in [-0.15, -0.1) is 0 Å². The summed E-state index contributed by atoms with van der Waals surface area (Å²) in [6, 6.07) is 9.70. The van der Waals surface area contributed by atoms with Crippen molar-refractivity contribution < 1.29 is 4.79 Å². The molecule has 2 saturated carbocycles. The number of rotatable bonds is 3. The minimum Gasteiger partial charge on any atom is -0.299 e. The van der Waals surface area contributed by atoms with Crippen LogP contribution in [0.5, 0.6) is 0 Å². The van der Waals surface area contributed by atoms with Crippen LogP contribution in [0.3, 0.4) is 0 Å². The zero-order valence-corrected chi connectivity index (χ0v) is 12.2. The lowest BCUT2D eigenvalue weighted by atomic mass is 9.68. The van der Waals surface area contributed by atoms with Crippen molar-refractivity contribution in [1.29, 1.82) is 0 Å². The molecule has 0 radical (unpaired) electrons. The van der Waals surface area contributed by atoms with Crippen LogP contribution in [0, 0.1) is 16.7 Å².